The van der Waals surface area contributed by atoms with Crippen LogP contribution in [0.5, 0.6) is 0 Å². The first-order chi connectivity index (χ1) is 11.2. The van der Waals surface area contributed by atoms with Gasteiger partial charge in [-0.15, -0.1) is 0 Å². The van der Waals surface area contributed by atoms with Crippen LogP contribution in [0.1, 0.15) is 19.3 Å². The minimum absolute atomic E-state index is 0.0430. The second kappa shape index (κ2) is 7.15. The van der Waals surface area contributed by atoms with Gasteiger partial charge in [-0.3, -0.25) is 4.79 Å². The standard InChI is InChI=1S/C15H21N5O2S/c1-22-9-12-3-2-5-20(12)13-7-17-15(23-13)18-14(21)11-4-6-19(8-11)10-16/h7,11-12H,2-6,8-9H2,1H3,(H,17,18,21)/t11-,12-/m0/s1. The Kier molecular flexibility index (Phi) is 4.98. The third-order valence-electron chi connectivity index (χ3n) is 4.44. The molecule has 0 spiro atoms. The Morgan fingerprint density at radius 2 is 2.43 bits per heavy atom. The number of hydrogen-bond acceptors (Lipinski definition) is 7. The van der Waals surface area contributed by atoms with Crippen molar-refractivity contribution < 1.29 is 9.53 Å². The van der Waals surface area contributed by atoms with Crippen LogP contribution in [0.4, 0.5) is 10.1 Å². The number of nitriles is 1. The number of amides is 1. The fraction of sp³-hybridized carbons (Fsp3) is 0.667. The number of nitrogens with one attached hydrogen (secondary N) is 1. The van der Waals surface area contributed by atoms with Gasteiger partial charge in [0, 0.05) is 26.7 Å². The summed E-state index contributed by atoms with van der Waals surface area (Å²) < 4.78 is 5.28. The number of nitrogens with zero attached hydrogens (tertiary/aromatic N) is 4. The Morgan fingerprint density at radius 3 is 3.17 bits per heavy atom. The Balaban J connectivity index is 1.59. The van der Waals surface area contributed by atoms with Crippen LogP contribution in [-0.2, 0) is 9.53 Å². The summed E-state index contributed by atoms with van der Waals surface area (Å²) in [6, 6.07) is 0.392. The highest BCUT2D eigenvalue weighted by atomic mass is 32.1. The number of carbonyl (C=O) groups is 1. The van der Waals surface area contributed by atoms with Crippen molar-refractivity contribution in [2.24, 2.45) is 5.92 Å². The molecule has 0 bridgehead atoms. The Labute approximate surface area is 139 Å². The van der Waals surface area contributed by atoms with E-state index in [4.69, 9.17) is 10.00 Å². The topological polar surface area (TPSA) is 81.5 Å². The maximum atomic E-state index is 12.3. The van der Waals surface area contributed by atoms with E-state index in [0.717, 1.165) is 30.8 Å². The van der Waals surface area contributed by atoms with Crippen LogP contribution in [0.25, 0.3) is 0 Å². The molecule has 2 aliphatic heterocycles. The van der Waals surface area contributed by atoms with Gasteiger partial charge < -0.3 is 19.9 Å². The molecule has 2 atom stereocenters. The molecule has 2 aliphatic rings. The fourth-order valence-electron chi connectivity index (χ4n) is 3.22. The third-order valence-corrected chi connectivity index (χ3v) is 5.39. The number of aromatic nitrogens is 1. The lowest BCUT2D eigenvalue weighted by Crippen LogP contribution is -2.32. The molecule has 3 rings (SSSR count). The summed E-state index contributed by atoms with van der Waals surface area (Å²) in [5.74, 6) is -0.173. The minimum atomic E-state index is -0.130. The molecule has 1 amide bonds. The first-order valence-corrected chi connectivity index (χ1v) is 8.70. The summed E-state index contributed by atoms with van der Waals surface area (Å²) in [6.45, 7) is 2.88. The van der Waals surface area contributed by atoms with Gasteiger partial charge in [0.2, 0.25) is 5.91 Å². The maximum Gasteiger partial charge on any atom is 0.231 e. The second-order valence-corrected chi connectivity index (χ2v) is 6.98. The van der Waals surface area contributed by atoms with E-state index in [1.165, 1.54) is 11.3 Å². The highest BCUT2D eigenvalue weighted by Crippen LogP contribution is 2.33. The van der Waals surface area contributed by atoms with Crippen molar-refractivity contribution in [2.75, 3.05) is 43.6 Å². The van der Waals surface area contributed by atoms with Crippen molar-refractivity contribution in [3.05, 3.63) is 6.20 Å². The van der Waals surface area contributed by atoms with Crippen molar-refractivity contribution in [1.29, 1.82) is 5.26 Å². The molecule has 0 radical (unpaired) electrons. The van der Waals surface area contributed by atoms with E-state index in [2.05, 4.69) is 21.4 Å². The number of carbonyl (C=O) groups excluding carboxylic acids is 1. The van der Waals surface area contributed by atoms with E-state index in [9.17, 15) is 4.79 Å². The van der Waals surface area contributed by atoms with Gasteiger partial charge in [0.1, 0.15) is 5.00 Å². The van der Waals surface area contributed by atoms with E-state index in [1.54, 1.807) is 12.0 Å². The van der Waals surface area contributed by atoms with E-state index in [-0.39, 0.29) is 11.8 Å². The Bertz CT molecular complexity index is 599. The van der Waals surface area contributed by atoms with Crippen LogP contribution in [0.3, 0.4) is 0 Å². The van der Waals surface area contributed by atoms with E-state index in [1.807, 2.05) is 6.20 Å². The number of likely N-dealkylation sites (tertiary alicyclic amines) is 1. The molecule has 23 heavy (non-hydrogen) atoms. The number of anilines is 2. The molecule has 0 aromatic carbocycles. The molecule has 8 heteroatoms. The SMILES string of the molecule is COC[C@@H]1CCCN1c1cnc(NC(=O)[C@H]2CCN(C#N)C2)s1. The van der Waals surface area contributed by atoms with Gasteiger partial charge in [-0.1, -0.05) is 11.3 Å². The minimum Gasteiger partial charge on any atom is -0.383 e. The summed E-state index contributed by atoms with van der Waals surface area (Å²) >= 11 is 1.50. The zero-order chi connectivity index (χ0) is 16.2. The number of thiazole rings is 1. The smallest absolute Gasteiger partial charge is 0.231 e. The van der Waals surface area contributed by atoms with Gasteiger partial charge in [0.05, 0.1) is 24.8 Å². The summed E-state index contributed by atoms with van der Waals surface area (Å²) in [5, 5.41) is 13.5. The monoisotopic (exact) mass is 335 g/mol. The summed E-state index contributed by atoms with van der Waals surface area (Å²) in [5.41, 5.74) is 0. The van der Waals surface area contributed by atoms with Crippen LogP contribution < -0.4 is 10.2 Å². The lowest BCUT2D eigenvalue weighted by molar-refractivity contribution is -0.119. The lowest BCUT2D eigenvalue weighted by atomic mass is 10.1. The first kappa shape index (κ1) is 16.0. The molecule has 0 saturated carbocycles. The molecule has 2 fully saturated rings. The number of hydrogen-bond donors (Lipinski definition) is 1. The molecule has 1 aromatic rings. The third kappa shape index (κ3) is 3.57. The zero-order valence-electron chi connectivity index (χ0n) is 13.2. The van der Waals surface area contributed by atoms with Crippen LogP contribution in [0.15, 0.2) is 6.20 Å². The largest absolute Gasteiger partial charge is 0.383 e. The van der Waals surface area contributed by atoms with Gasteiger partial charge in [0.25, 0.3) is 0 Å². The van der Waals surface area contributed by atoms with Gasteiger partial charge in [0.15, 0.2) is 11.3 Å². The van der Waals surface area contributed by atoms with Gasteiger partial charge in [-0.2, -0.15) is 5.26 Å². The summed E-state index contributed by atoms with van der Waals surface area (Å²) in [4.78, 5) is 20.5. The zero-order valence-corrected chi connectivity index (χ0v) is 14.0. The molecule has 7 nitrogen and oxygen atoms in total. The maximum absolute atomic E-state index is 12.3. The predicted molar refractivity (Wildman–Crippen MR) is 88.3 cm³/mol. The molecule has 2 saturated heterocycles. The van der Waals surface area contributed by atoms with E-state index < -0.39 is 0 Å². The molecule has 0 unspecified atom stereocenters. The van der Waals surface area contributed by atoms with Crippen molar-refractivity contribution >= 4 is 27.4 Å². The van der Waals surface area contributed by atoms with Crippen LogP contribution >= 0.6 is 11.3 Å². The van der Waals surface area contributed by atoms with Gasteiger partial charge in [-0.25, -0.2) is 4.98 Å². The average Bonchev–Trinajstić information content (AvgIpc) is 3.27. The van der Waals surface area contributed by atoms with Gasteiger partial charge in [-0.05, 0) is 19.3 Å². The molecule has 1 aromatic heterocycles. The lowest BCUT2D eigenvalue weighted by Gasteiger charge is -2.23. The Hall–Kier alpha value is -1.85. The van der Waals surface area contributed by atoms with Gasteiger partial charge >= 0.3 is 0 Å². The number of methoxy groups -OCH3 is 1. The average molecular weight is 335 g/mol. The number of ether oxygens (including phenoxy) is 1. The number of rotatable bonds is 5. The van der Waals surface area contributed by atoms with Crippen molar-refractivity contribution in [3.8, 4) is 6.19 Å². The van der Waals surface area contributed by atoms with Crippen LogP contribution in [0, 0.1) is 17.4 Å². The fourth-order valence-corrected chi connectivity index (χ4v) is 4.14. The summed E-state index contributed by atoms with van der Waals surface area (Å²) in [7, 11) is 1.72. The second-order valence-electron chi connectivity index (χ2n) is 5.97. The normalized spacial score (nSPS) is 24.0. The van der Waals surface area contributed by atoms with E-state index >= 15 is 0 Å². The first-order valence-electron chi connectivity index (χ1n) is 7.88. The molecule has 3 heterocycles. The van der Waals surface area contributed by atoms with E-state index in [0.29, 0.717) is 30.9 Å². The summed E-state index contributed by atoms with van der Waals surface area (Å²) in [6.07, 6.45) is 6.92. The molecular weight excluding hydrogens is 314 g/mol. The van der Waals surface area contributed by atoms with Crippen molar-refractivity contribution in [1.82, 2.24) is 9.88 Å². The van der Waals surface area contributed by atoms with Crippen molar-refractivity contribution in [2.45, 2.75) is 25.3 Å². The van der Waals surface area contributed by atoms with Crippen molar-refractivity contribution in [3.63, 3.8) is 0 Å². The van der Waals surface area contributed by atoms with Crippen LogP contribution in [-0.4, -0.2) is 55.2 Å². The highest BCUT2D eigenvalue weighted by molar-refractivity contribution is 7.19. The predicted octanol–water partition coefficient (Wildman–Crippen LogP) is 1.50. The molecule has 1 N–H and O–H groups in total. The molecular formula is C15H21N5O2S. The molecule has 124 valence electrons. The van der Waals surface area contributed by atoms with Crippen LogP contribution in [0.2, 0.25) is 0 Å². The Morgan fingerprint density at radius 1 is 1.57 bits per heavy atom. The highest BCUT2D eigenvalue weighted by Gasteiger charge is 2.29. The molecule has 0 aliphatic carbocycles. The quantitative estimate of drug-likeness (QED) is 0.821.